The van der Waals surface area contributed by atoms with E-state index in [0.717, 1.165) is 6.20 Å². The van der Waals surface area contributed by atoms with E-state index in [4.69, 9.17) is 10.5 Å². The van der Waals surface area contributed by atoms with Crippen LogP contribution in [0.3, 0.4) is 0 Å². The summed E-state index contributed by atoms with van der Waals surface area (Å²) < 4.78 is 5.22. The Balaban J connectivity index is 2.30. The molecule has 2 heterocycles. The quantitative estimate of drug-likeness (QED) is 0.510. The number of aliphatic hydroxyl groups excluding tert-OH is 1. The maximum atomic E-state index is 10.9. The van der Waals surface area contributed by atoms with E-state index >= 15 is 0 Å². The molecule has 0 radical (unpaired) electrons. The summed E-state index contributed by atoms with van der Waals surface area (Å²) in [7, 11) is 0. The van der Waals surface area contributed by atoms with Gasteiger partial charge in [-0.15, -0.1) is 0 Å². The molecule has 0 aliphatic carbocycles. The Hall–Kier alpha value is -2.00. The number of aromatic nitrogens is 2. The first-order valence-corrected chi connectivity index (χ1v) is 5.80. The molecule has 0 amide bonds. The molecular weight excluding hydrogens is 254 g/mol. The summed E-state index contributed by atoms with van der Waals surface area (Å²) in [4.78, 5) is 17.8. The predicted molar refractivity (Wildman–Crippen MR) is 66.6 cm³/mol. The summed E-state index contributed by atoms with van der Waals surface area (Å²) in [6, 6.07) is 0. The third kappa shape index (κ3) is 2.88. The van der Waals surface area contributed by atoms with Crippen molar-refractivity contribution < 1.29 is 14.8 Å². The Morgan fingerprint density at radius 3 is 2.84 bits per heavy atom. The van der Waals surface area contributed by atoms with Gasteiger partial charge in [0.2, 0.25) is 11.8 Å². The van der Waals surface area contributed by atoms with Crippen molar-refractivity contribution in [1.82, 2.24) is 9.97 Å². The first-order chi connectivity index (χ1) is 9.06. The SMILES string of the molecule is Nc1ncc([N+](=O)[O-])c(NC2(CO)CCOCC2)n1. The smallest absolute Gasteiger partial charge is 0.329 e. The lowest BCUT2D eigenvalue weighted by molar-refractivity contribution is -0.384. The van der Waals surface area contributed by atoms with Gasteiger partial charge in [0, 0.05) is 13.2 Å². The topological polar surface area (TPSA) is 136 Å². The molecule has 9 nitrogen and oxygen atoms in total. The number of ether oxygens (including phenoxy) is 1. The largest absolute Gasteiger partial charge is 0.394 e. The zero-order chi connectivity index (χ0) is 13.9. The van der Waals surface area contributed by atoms with E-state index in [0.29, 0.717) is 26.1 Å². The minimum Gasteiger partial charge on any atom is -0.394 e. The molecule has 0 bridgehead atoms. The Labute approximate surface area is 109 Å². The monoisotopic (exact) mass is 269 g/mol. The molecule has 2 rings (SSSR count). The van der Waals surface area contributed by atoms with Gasteiger partial charge in [-0.25, -0.2) is 4.98 Å². The highest BCUT2D eigenvalue weighted by molar-refractivity contribution is 5.57. The third-order valence-electron chi connectivity index (χ3n) is 3.12. The highest BCUT2D eigenvalue weighted by atomic mass is 16.6. The molecule has 4 N–H and O–H groups in total. The fourth-order valence-corrected chi connectivity index (χ4v) is 1.95. The number of nitrogens with two attached hydrogens (primary N) is 1. The molecule has 0 saturated carbocycles. The summed E-state index contributed by atoms with van der Waals surface area (Å²) in [5.41, 5.74) is 4.50. The summed E-state index contributed by atoms with van der Waals surface area (Å²) in [5.74, 6) is -0.0401. The maximum absolute atomic E-state index is 10.9. The van der Waals surface area contributed by atoms with Crippen molar-refractivity contribution in [2.45, 2.75) is 18.4 Å². The molecule has 1 saturated heterocycles. The summed E-state index contributed by atoms with van der Waals surface area (Å²) in [6.45, 7) is 0.779. The van der Waals surface area contributed by atoms with Crippen LogP contribution in [0.4, 0.5) is 17.5 Å². The first kappa shape index (κ1) is 13.4. The van der Waals surface area contributed by atoms with Gasteiger partial charge in [-0.1, -0.05) is 0 Å². The van der Waals surface area contributed by atoms with Gasteiger partial charge in [0.15, 0.2) is 0 Å². The van der Waals surface area contributed by atoms with Crippen LogP contribution in [-0.2, 0) is 4.74 Å². The molecule has 0 unspecified atom stereocenters. The fourth-order valence-electron chi connectivity index (χ4n) is 1.95. The molecule has 1 aliphatic heterocycles. The molecule has 1 fully saturated rings. The summed E-state index contributed by atoms with van der Waals surface area (Å²) >= 11 is 0. The lowest BCUT2D eigenvalue weighted by Crippen LogP contribution is -2.47. The van der Waals surface area contributed by atoms with E-state index in [1.165, 1.54) is 0 Å². The van der Waals surface area contributed by atoms with Gasteiger partial charge in [-0.05, 0) is 12.8 Å². The van der Waals surface area contributed by atoms with Crippen molar-refractivity contribution in [3.63, 3.8) is 0 Å². The lowest BCUT2D eigenvalue weighted by atomic mass is 9.91. The van der Waals surface area contributed by atoms with Crippen LogP contribution in [-0.4, -0.2) is 45.4 Å². The van der Waals surface area contributed by atoms with Crippen molar-refractivity contribution >= 4 is 17.5 Å². The number of hydrogen-bond acceptors (Lipinski definition) is 8. The van der Waals surface area contributed by atoms with Crippen molar-refractivity contribution in [3.05, 3.63) is 16.3 Å². The van der Waals surface area contributed by atoms with Crippen molar-refractivity contribution in [2.24, 2.45) is 0 Å². The zero-order valence-corrected chi connectivity index (χ0v) is 10.2. The molecule has 19 heavy (non-hydrogen) atoms. The second kappa shape index (κ2) is 5.33. The van der Waals surface area contributed by atoms with Crippen molar-refractivity contribution in [1.29, 1.82) is 0 Å². The van der Waals surface area contributed by atoms with Crippen LogP contribution >= 0.6 is 0 Å². The van der Waals surface area contributed by atoms with Crippen LogP contribution in [0, 0.1) is 10.1 Å². The van der Waals surface area contributed by atoms with E-state index in [1.54, 1.807) is 0 Å². The van der Waals surface area contributed by atoms with Gasteiger partial charge in [-0.2, -0.15) is 4.98 Å². The second-order valence-electron chi connectivity index (χ2n) is 4.39. The van der Waals surface area contributed by atoms with Gasteiger partial charge < -0.3 is 20.9 Å². The van der Waals surface area contributed by atoms with Crippen molar-refractivity contribution in [2.75, 3.05) is 30.9 Å². The van der Waals surface area contributed by atoms with Gasteiger partial charge in [0.05, 0.1) is 17.1 Å². The van der Waals surface area contributed by atoms with E-state index in [-0.39, 0.29) is 24.1 Å². The molecule has 1 aromatic heterocycles. The molecule has 1 aliphatic rings. The molecule has 9 heteroatoms. The van der Waals surface area contributed by atoms with E-state index in [9.17, 15) is 15.2 Å². The molecule has 0 aromatic carbocycles. The maximum Gasteiger partial charge on any atom is 0.329 e. The highest BCUT2D eigenvalue weighted by Gasteiger charge is 2.34. The summed E-state index contributed by atoms with van der Waals surface area (Å²) in [6.07, 6.45) is 2.12. The molecule has 0 spiro atoms. The predicted octanol–water partition coefficient (Wildman–Crippen LogP) is -0.0796. The number of nitrogens with zero attached hydrogens (tertiary/aromatic N) is 3. The Bertz CT molecular complexity index is 475. The third-order valence-corrected chi connectivity index (χ3v) is 3.12. The van der Waals surface area contributed by atoms with E-state index in [2.05, 4.69) is 15.3 Å². The fraction of sp³-hybridized carbons (Fsp3) is 0.600. The lowest BCUT2D eigenvalue weighted by Gasteiger charge is -2.36. The van der Waals surface area contributed by atoms with Gasteiger partial charge >= 0.3 is 5.69 Å². The van der Waals surface area contributed by atoms with Gasteiger partial charge in [-0.3, -0.25) is 10.1 Å². The standard InChI is InChI=1S/C10H15N5O4/c11-9-12-5-7(15(17)18)8(13-9)14-10(6-16)1-3-19-4-2-10/h5,16H,1-4,6H2,(H3,11,12,13,14). The number of rotatable bonds is 4. The Morgan fingerprint density at radius 2 is 2.26 bits per heavy atom. The van der Waals surface area contributed by atoms with Crippen LogP contribution in [0.1, 0.15) is 12.8 Å². The number of aliphatic hydroxyl groups is 1. The van der Waals surface area contributed by atoms with Crippen LogP contribution in [0.15, 0.2) is 6.20 Å². The van der Waals surface area contributed by atoms with Crippen LogP contribution in [0.5, 0.6) is 0 Å². The van der Waals surface area contributed by atoms with Crippen molar-refractivity contribution in [3.8, 4) is 0 Å². The van der Waals surface area contributed by atoms with Gasteiger partial charge in [0.25, 0.3) is 0 Å². The van der Waals surface area contributed by atoms with Gasteiger partial charge in [0.1, 0.15) is 6.20 Å². The Morgan fingerprint density at radius 1 is 1.58 bits per heavy atom. The van der Waals surface area contributed by atoms with Crippen LogP contribution in [0.2, 0.25) is 0 Å². The van der Waals surface area contributed by atoms with E-state index < -0.39 is 10.5 Å². The second-order valence-corrected chi connectivity index (χ2v) is 4.39. The Kier molecular flexibility index (Phi) is 3.76. The molecule has 0 atom stereocenters. The minimum atomic E-state index is -0.677. The molecule has 1 aromatic rings. The first-order valence-electron chi connectivity index (χ1n) is 5.80. The molecule has 104 valence electrons. The zero-order valence-electron chi connectivity index (χ0n) is 10.2. The average molecular weight is 269 g/mol. The highest BCUT2D eigenvalue weighted by Crippen LogP contribution is 2.29. The van der Waals surface area contributed by atoms with E-state index in [1.807, 2.05) is 0 Å². The molecular formula is C10H15N5O4. The average Bonchev–Trinajstić information content (AvgIpc) is 2.39. The normalized spacial score (nSPS) is 17.9. The number of anilines is 2. The summed E-state index contributed by atoms with van der Waals surface area (Å²) in [5, 5.41) is 23.4. The number of nitrogen functional groups attached to an aromatic ring is 1. The van der Waals surface area contributed by atoms with Crippen LogP contribution in [0.25, 0.3) is 0 Å². The number of nitro groups is 1. The number of nitrogens with one attached hydrogen (secondary N) is 1. The van der Waals surface area contributed by atoms with Crippen LogP contribution < -0.4 is 11.1 Å². The number of hydrogen-bond donors (Lipinski definition) is 3. The minimum absolute atomic E-state index is 0.0217.